The number of nitrogens with zero attached hydrogens (tertiary/aromatic N) is 6. The van der Waals surface area contributed by atoms with Gasteiger partial charge in [0.25, 0.3) is 0 Å². The molecule has 0 atom stereocenters. The molecule has 3 heterocycles. The molecule has 1 aliphatic heterocycles. The fourth-order valence-corrected chi connectivity index (χ4v) is 4.26. The van der Waals surface area contributed by atoms with Gasteiger partial charge in [-0.3, -0.25) is 9.13 Å². The van der Waals surface area contributed by atoms with Crippen LogP contribution in [0.1, 0.15) is 34.4 Å². The van der Waals surface area contributed by atoms with Crippen LogP contribution in [0.3, 0.4) is 0 Å². The molecular weight excluding hydrogens is 384 g/mol. The van der Waals surface area contributed by atoms with E-state index >= 15 is 0 Å². The van der Waals surface area contributed by atoms with Gasteiger partial charge in [-0.15, -0.1) is 20.4 Å². The second-order valence-electron chi connectivity index (χ2n) is 7.73. The Hall–Kier alpha value is -4.06. The third kappa shape index (κ3) is 3.13. The number of rotatable bonds is 4. The van der Waals surface area contributed by atoms with Crippen LogP contribution in [0.5, 0.6) is 0 Å². The molecule has 2 aromatic heterocycles. The molecule has 5 aromatic rings. The predicted octanol–water partition coefficient (Wildman–Crippen LogP) is 3.93. The van der Waals surface area contributed by atoms with Gasteiger partial charge in [0.05, 0.1) is 17.8 Å². The molecule has 6 rings (SSSR count). The van der Waals surface area contributed by atoms with Gasteiger partial charge in [-0.2, -0.15) is 0 Å². The molecule has 0 saturated heterocycles. The Bertz CT molecular complexity index is 1250. The molecule has 3 aromatic carbocycles. The predicted molar refractivity (Wildman–Crippen MR) is 118 cm³/mol. The van der Waals surface area contributed by atoms with Gasteiger partial charge >= 0.3 is 0 Å². The van der Waals surface area contributed by atoms with Gasteiger partial charge in [0.2, 0.25) is 0 Å². The first kappa shape index (κ1) is 17.8. The monoisotopic (exact) mass is 404 g/mol. The minimum atomic E-state index is 0.582. The average Bonchev–Trinajstić information content (AvgIpc) is 3.35. The molecule has 0 saturated carbocycles. The molecule has 0 fully saturated rings. The summed E-state index contributed by atoms with van der Waals surface area (Å²) in [6.07, 6.45) is 2.03. The zero-order chi connectivity index (χ0) is 20.6. The molecule has 6 nitrogen and oxygen atoms in total. The number of para-hydroxylation sites is 2. The first-order chi connectivity index (χ1) is 15.4. The van der Waals surface area contributed by atoms with Gasteiger partial charge in [-0.25, -0.2) is 0 Å². The summed E-state index contributed by atoms with van der Waals surface area (Å²) in [7, 11) is 0. The highest BCUT2D eigenvalue weighted by molar-refractivity contribution is 5.56. The first-order valence-corrected chi connectivity index (χ1v) is 10.4. The largest absolute Gasteiger partial charge is 0.280 e. The van der Waals surface area contributed by atoms with Crippen molar-refractivity contribution >= 4 is 0 Å². The molecule has 0 spiro atoms. The maximum atomic E-state index is 4.54. The summed E-state index contributed by atoms with van der Waals surface area (Å²) < 4.78 is 4.37. The van der Waals surface area contributed by atoms with E-state index in [4.69, 9.17) is 0 Å². The quantitative estimate of drug-likeness (QED) is 0.447. The molecule has 31 heavy (non-hydrogen) atoms. The maximum Gasteiger partial charge on any atom is 0.145 e. The van der Waals surface area contributed by atoms with Crippen LogP contribution < -0.4 is 0 Å². The highest BCUT2D eigenvalue weighted by atomic mass is 15.3. The summed E-state index contributed by atoms with van der Waals surface area (Å²) >= 11 is 0. The Morgan fingerprint density at radius 3 is 1.39 bits per heavy atom. The van der Waals surface area contributed by atoms with E-state index in [0.29, 0.717) is 6.42 Å². The smallest absolute Gasteiger partial charge is 0.145 e. The lowest BCUT2D eigenvalue weighted by Crippen LogP contribution is -2.08. The Balaban J connectivity index is 1.48. The molecule has 1 aliphatic rings. The zero-order valence-electron chi connectivity index (χ0n) is 16.9. The summed E-state index contributed by atoms with van der Waals surface area (Å²) in [6.45, 7) is 0. The topological polar surface area (TPSA) is 61.4 Å². The van der Waals surface area contributed by atoms with Gasteiger partial charge in [0, 0.05) is 12.8 Å². The van der Waals surface area contributed by atoms with Gasteiger partial charge < -0.3 is 0 Å². The lowest BCUT2D eigenvalue weighted by molar-refractivity contribution is 0.846. The minimum Gasteiger partial charge on any atom is -0.280 e. The van der Waals surface area contributed by atoms with Crippen molar-refractivity contribution in [3.8, 4) is 11.4 Å². The van der Waals surface area contributed by atoms with Crippen LogP contribution in [0.25, 0.3) is 11.4 Å². The van der Waals surface area contributed by atoms with Crippen molar-refractivity contribution in [2.24, 2.45) is 0 Å². The van der Waals surface area contributed by atoms with E-state index in [1.807, 2.05) is 12.1 Å². The van der Waals surface area contributed by atoms with Crippen molar-refractivity contribution in [3.63, 3.8) is 0 Å². The van der Waals surface area contributed by atoms with Gasteiger partial charge in [0.1, 0.15) is 23.3 Å². The summed E-state index contributed by atoms with van der Waals surface area (Å²) in [5, 5.41) is 18.1. The molecule has 0 amide bonds. The molecule has 0 radical (unpaired) electrons. The van der Waals surface area contributed by atoms with E-state index in [1.54, 1.807) is 0 Å². The van der Waals surface area contributed by atoms with Crippen molar-refractivity contribution < 1.29 is 0 Å². The van der Waals surface area contributed by atoms with Crippen molar-refractivity contribution in [3.05, 3.63) is 119 Å². The fraction of sp³-hybridized carbons (Fsp3) is 0.120. The number of fused-ring (bicyclic) bond motifs is 5. The second-order valence-corrected chi connectivity index (χ2v) is 7.73. The summed E-state index contributed by atoms with van der Waals surface area (Å²) in [4.78, 5) is 0. The second kappa shape index (κ2) is 7.32. The van der Waals surface area contributed by atoms with E-state index in [0.717, 1.165) is 47.5 Å². The van der Waals surface area contributed by atoms with E-state index in [-0.39, 0.29) is 0 Å². The summed E-state index contributed by atoms with van der Waals surface area (Å²) in [6, 6.07) is 29.1. The molecule has 0 bridgehead atoms. The van der Waals surface area contributed by atoms with Crippen molar-refractivity contribution in [2.75, 3.05) is 0 Å². The SMILES string of the molecule is c1ccc(Cc2nnc3n2-c2ccccc2-n2c(Cc4ccccc4)nnc2C3)cc1. The van der Waals surface area contributed by atoms with Crippen molar-refractivity contribution in [1.29, 1.82) is 0 Å². The number of hydrogen-bond donors (Lipinski definition) is 0. The van der Waals surface area contributed by atoms with Crippen LogP contribution in [-0.2, 0) is 19.3 Å². The van der Waals surface area contributed by atoms with Gasteiger partial charge in [0.15, 0.2) is 0 Å². The Labute approximate surface area is 179 Å². The van der Waals surface area contributed by atoms with Crippen molar-refractivity contribution in [2.45, 2.75) is 19.3 Å². The zero-order valence-corrected chi connectivity index (χ0v) is 16.9. The number of benzene rings is 3. The fourth-order valence-electron chi connectivity index (χ4n) is 4.26. The van der Waals surface area contributed by atoms with E-state index in [9.17, 15) is 0 Å². The maximum absolute atomic E-state index is 4.54. The van der Waals surface area contributed by atoms with E-state index in [1.165, 1.54) is 11.1 Å². The van der Waals surface area contributed by atoms with Crippen LogP contribution in [0.2, 0.25) is 0 Å². The van der Waals surface area contributed by atoms with Crippen LogP contribution in [0, 0.1) is 0 Å². The molecule has 0 aliphatic carbocycles. The average molecular weight is 404 g/mol. The summed E-state index contributed by atoms with van der Waals surface area (Å²) in [5.74, 6) is 3.63. The number of aromatic nitrogens is 6. The Kier molecular flexibility index (Phi) is 4.20. The molecule has 150 valence electrons. The van der Waals surface area contributed by atoms with Crippen LogP contribution in [-0.4, -0.2) is 29.5 Å². The number of hydrogen-bond acceptors (Lipinski definition) is 4. The third-order valence-electron chi connectivity index (χ3n) is 5.68. The van der Waals surface area contributed by atoms with Crippen LogP contribution in [0.15, 0.2) is 84.9 Å². The Morgan fingerprint density at radius 2 is 0.935 bits per heavy atom. The standard InChI is InChI=1S/C25H20N6/c1-3-9-18(10-4-1)15-22-26-28-24-17-25-29-27-23(16-19-11-5-2-6-12-19)31(25)21-14-8-7-13-20(21)30(22)24/h1-14H,15-17H2. The molecular formula is C25H20N6. The molecule has 0 unspecified atom stereocenters. The lowest BCUT2D eigenvalue weighted by atomic mass is 10.1. The Morgan fingerprint density at radius 1 is 0.516 bits per heavy atom. The normalized spacial score (nSPS) is 12.0. The highest BCUT2D eigenvalue weighted by Crippen LogP contribution is 2.30. The minimum absolute atomic E-state index is 0.582. The first-order valence-electron chi connectivity index (χ1n) is 10.4. The van der Waals surface area contributed by atoms with E-state index in [2.05, 4.69) is 102 Å². The van der Waals surface area contributed by atoms with Crippen LogP contribution in [0.4, 0.5) is 0 Å². The third-order valence-corrected chi connectivity index (χ3v) is 5.68. The highest BCUT2D eigenvalue weighted by Gasteiger charge is 2.26. The molecule has 0 N–H and O–H groups in total. The van der Waals surface area contributed by atoms with Gasteiger partial charge in [-0.05, 0) is 23.3 Å². The summed E-state index contributed by atoms with van der Waals surface area (Å²) in [5.41, 5.74) is 4.54. The van der Waals surface area contributed by atoms with Crippen LogP contribution >= 0.6 is 0 Å². The van der Waals surface area contributed by atoms with Crippen molar-refractivity contribution in [1.82, 2.24) is 29.5 Å². The van der Waals surface area contributed by atoms with Gasteiger partial charge in [-0.1, -0.05) is 72.8 Å². The van der Waals surface area contributed by atoms with E-state index < -0.39 is 0 Å². The lowest BCUT2D eigenvalue weighted by Gasteiger charge is -2.14. The molecule has 6 heteroatoms.